The van der Waals surface area contributed by atoms with Crippen molar-refractivity contribution < 1.29 is 14.3 Å². The number of hydrogen-bond donors (Lipinski definition) is 1. The van der Waals surface area contributed by atoms with Crippen LogP contribution in [-0.4, -0.2) is 41.9 Å². The van der Waals surface area contributed by atoms with Crippen molar-refractivity contribution in [2.24, 2.45) is 5.92 Å². The van der Waals surface area contributed by atoms with Gasteiger partial charge in [0.2, 0.25) is 11.8 Å². The number of rotatable bonds is 9. The fraction of sp³-hybridized carbons (Fsp3) is 0.458. The van der Waals surface area contributed by atoms with Crippen molar-refractivity contribution >= 4 is 11.8 Å². The molecule has 0 saturated carbocycles. The number of aromatic nitrogens is 1. The lowest BCUT2D eigenvalue weighted by Crippen LogP contribution is -2.40. The van der Waals surface area contributed by atoms with Crippen molar-refractivity contribution in [3.8, 4) is 5.75 Å². The van der Waals surface area contributed by atoms with Gasteiger partial charge in [0, 0.05) is 44.9 Å². The maximum absolute atomic E-state index is 12.6. The zero-order valence-corrected chi connectivity index (χ0v) is 17.7. The zero-order valence-electron chi connectivity index (χ0n) is 17.7. The standard InChI is InChI=1S/C24H31N3O3/c1-30-22-6-2-4-21(16-22)17-26-23(28)9-7-20-5-3-15-27(18-20)24(29)10-8-19-11-13-25-14-12-19/h2,4,6,11-14,16,20H,3,5,7-10,15,17-18H2,1H3,(H,26,28)/t20-/m0/s1. The normalized spacial score (nSPS) is 16.2. The van der Waals surface area contributed by atoms with Crippen molar-refractivity contribution in [1.29, 1.82) is 0 Å². The summed E-state index contributed by atoms with van der Waals surface area (Å²) in [6.07, 6.45) is 8.19. The highest BCUT2D eigenvalue weighted by Gasteiger charge is 2.23. The molecule has 2 aromatic rings. The molecular formula is C24H31N3O3. The molecule has 2 heterocycles. The van der Waals surface area contributed by atoms with Crippen LogP contribution in [-0.2, 0) is 22.6 Å². The molecule has 1 N–H and O–H groups in total. The van der Waals surface area contributed by atoms with Crippen molar-refractivity contribution in [3.63, 3.8) is 0 Å². The van der Waals surface area contributed by atoms with Crippen LogP contribution in [0.15, 0.2) is 48.8 Å². The number of nitrogens with zero attached hydrogens (tertiary/aromatic N) is 2. The fourth-order valence-corrected chi connectivity index (χ4v) is 3.89. The number of ether oxygens (including phenoxy) is 1. The van der Waals surface area contributed by atoms with E-state index in [2.05, 4.69) is 10.3 Å². The van der Waals surface area contributed by atoms with E-state index in [0.717, 1.165) is 55.6 Å². The monoisotopic (exact) mass is 409 g/mol. The molecule has 160 valence electrons. The van der Waals surface area contributed by atoms with Crippen molar-refractivity contribution in [1.82, 2.24) is 15.2 Å². The van der Waals surface area contributed by atoms with E-state index in [1.165, 1.54) is 0 Å². The second kappa shape index (κ2) is 11.3. The summed E-state index contributed by atoms with van der Waals surface area (Å²) in [5.74, 6) is 1.45. The van der Waals surface area contributed by atoms with E-state index >= 15 is 0 Å². The smallest absolute Gasteiger partial charge is 0.222 e. The number of carbonyl (C=O) groups excluding carboxylic acids is 2. The minimum Gasteiger partial charge on any atom is -0.497 e. The van der Waals surface area contributed by atoms with E-state index in [-0.39, 0.29) is 11.8 Å². The Morgan fingerprint density at radius 3 is 2.80 bits per heavy atom. The lowest BCUT2D eigenvalue weighted by Gasteiger charge is -2.33. The van der Waals surface area contributed by atoms with Crippen LogP contribution < -0.4 is 10.1 Å². The summed E-state index contributed by atoms with van der Waals surface area (Å²) in [5.41, 5.74) is 2.16. The van der Waals surface area contributed by atoms with E-state index in [0.29, 0.717) is 25.3 Å². The topological polar surface area (TPSA) is 71.5 Å². The molecule has 1 aromatic heterocycles. The lowest BCUT2D eigenvalue weighted by molar-refractivity contribution is -0.133. The number of hydrogen-bond acceptors (Lipinski definition) is 4. The molecule has 1 fully saturated rings. The van der Waals surface area contributed by atoms with Crippen molar-refractivity contribution in [2.45, 2.75) is 45.1 Å². The van der Waals surface area contributed by atoms with Gasteiger partial charge >= 0.3 is 0 Å². The molecule has 1 aliphatic heterocycles. The lowest BCUT2D eigenvalue weighted by atomic mass is 9.93. The zero-order chi connectivity index (χ0) is 21.2. The quantitative estimate of drug-likeness (QED) is 0.689. The predicted molar refractivity (Wildman–Crippen MR) is 116 cm³/mol. The maximum atomic E-state index is 12.6. The van der Waals surface area contributed by atoms with Crippen LogP contribution in [0, 0.1) is 5.92 Å². The van der Waals surface area contributed by atoms with Crippen LogP contribution in [0.2, 0.25) is 0 Å². The summed E-state index contributed by atoms with van der Waals surface area (Å²) in [6.45, 7) is 2.09. The number of nitrogens with one attached hydrogen (secondary N) is 1. The van der Waals surface area contributed by atoms with Gasteiger partial charge in [0.05, 0.1) is 7.11 Å². The first-order valence-corrected chi connectivity index (χ1v) is 10.7. The molecule has 1 aliphatic rings. The Bertz CT molecular complexity index is 825. The van der Waals surface area contributed by atoms with E-state index in [9.17, 15) is 9.59 Å². The Morgan fingerprint density at radius 1 is 1.17 bits per heavy atom. The van der Waals surface area contributed by atoms with Gasteiger partial charge in [-0.25, -0.2) is 0 Å². The SMILES string of the molecule is COc1cccc(CNC(=O)CC[C@@H]2CCCN(C(=O)CCc3ccncc3)C2)c1. The second-order valence-corrected chi connectivity index (χ2v) is 7.87. The average Bonchev–Trinajstić information content (AvgIpc) is 2.81. The summed E-state index contributed by atoms with van der Waals surface area (Å²) in [4.78, 5) is 30.8. The van der Waals surface area contributed by atoms with E-state index in [1.807, 2.05) is 41.3 Å². The average molecular weight is 410 g/mol. The largest absolute Gasteiger partial charge is 0.497 e. The minimum atomic E-state index is 0.0546. The van der Waals surface area contributed by atoms with Gasteiger partial charge < -0.3 is 15.0 Å². The third-order valence-corrected chi connectivity index (χ3v) is 5.65. The van der Waals surface area contributed by atoms with Crippen LogP contribution in [0.1, 0.15) is 43.2 Å². The van der Waals surface area contributed by atoms with Gasteiger partial charge in [-0.1, -0.05) is 12.1 Å². The predicted octanol–water partition coefficient (Wildman–Crippen LogP) is 3.36. The van der Waals surface area contributed by atoms with Crippen LogP contribution >= 0.6 is 0 Å². The molecule has 1 saturated heterocycles. The van der Waals surface area contributed by atoms with Gasteiger partial charge in [0.25, 0.3) is 0 Å². The van der Waals surface area contributed by atoms with Crippen LogP contribution in [0.5, 0.6) is 5.75 Å². The van der Waals surface area contributed by atoms with Gasteiger partial charge in [0.15, 0.2) is 0 Å². The van der Waals surface area contributed by atoms with Gasteiger partial charge in [-0.15, -0.1) is 0 Å². The number of methoxy groups -OCH3 is 1. The highest BCUT2D eigenvalue weighted by molar-refractivity contribution is 5.77. The second-order valence-electron chi connectivity index (χ2n) is 7.87. The molecule has 3 rings (SSSR count). The third kappa shape index (κ3) is 6.87. The van der Waals surface area contributed by atoms with Gasteiger partial charge in [0.1, 0.15) is 5.75 Å². The summed E-state index contributed by atoms with van der Waals surface area (Å²) in [6, 6.07) is 11.6. The molecule has 1 atom stereocenters. The summed E-state index contributed by atoms with van der Waals surface area (Å²) in [5, 5.41) is 2.98. The highest BCUT2D eigenvalue weighted by atomic mass is 16.5. The Labute approximate surface area is 178 Å². The Kier molecular flexibility index (Phi) is 8.24. The molecule has 0 aliphatic carbocycles. The number of aryl methyl sites for hydroxylation is 1. The minimum absolute atomic E-state index is 0.0546. The molecule has 0 unspecified atom stereocenters. The van der Waals surface area contributed by atoms with Gasteiger partial charge in [-0.3, -0.25) is 14.6 Å². The molecule has 1 aromatic carbocycles. The Balaban J connectivity index is 1.37. The first-order chi connectivity index (χ1) is 14.6. The molecule has 0 radical (unpaired) electrons. The van der Waals surface area contributed by atoms with Crippen LogP contribution in [0.4, 0.5) is 0 Å². The molecular weight excluding hydrogens is 378 g/mol. The molecule has 6 heteroatoms. The van der Waals surface area contributed by atoms with Gasteiger partial charge in [-0.05, 0) is 67.0 Å². The highest BCUT2D eigenvalue weighted by Crippen LogP contribution is 2.22. The number of benzene rings is 1. The van der Waals surface area contributed by atoms with Crippen molar-refractivity contribution in [3.05, 3.63) is 59.9 Å². The van der Waals surface area contributed by atoms with Crippen LogP contribution in [0.25, 0.3) is 0 Å². The first-order valence-electron chi connectivity index (χ1n) is 10.7. The number of pyridine rings is 1. The molecule has 30 heavy (non-hydrogen) atoms. The molecule has 2 amide bonds. The van der Waals surface area contributed by atoms with E-state index in [1.54, 1.807) is 19.5 Å². The molecule has 6 nitrogen and oxygen atoms in total. The third-order valence-electron chi connectivity index (χ3n) is 5.65. The maximum Gasteiger partial charge on any atom is 0.222 e. The van der Waals surface area contributed by atoms with Gasteiger partial charge in [-0.2, -0.15) is 0 Å². The summed E-state index contributed by atoms with van der Waals surface area (Å²) in [7, 11) is 1.63. The first kappa shape index (κ1) is 21.8. The molecule has 0 spiro atoms. The van der Waals surface area contributed by atoms with E-state index in [4.69, 9.17) is 4.74 Å². The number of amides is 2. The number of carbonyl (C=O) groups is 2. The summed E-state index contributed by atoms with van der Waals surface area (Å²) < 4.78 is 5.21. The number of piperidine rings is 1. The fourth-order valence-electron chi connectivity index (χ4n) is 3.89. The van der Waals surface area contributed by atoms with Crippen molar-refractivity contribution in [2.75, 3.05) is 20.2 Å². The van der Waals surface area contributed by atoms with E-state index < -0.39 is 0 Å². The Morgan fingerprint density at radius 2 is 2.00 bits per heavy atom. The van der Waals surface area contributed by atoms with Crippen LogP contribution in [0.3, 0.4) is 0 Å². The summed E-state index contributed by atoms with van der Waals surface area (Å²) >= 11 is 0. The molecule has 0 bridgehead atoms. The Hall–Kier alpha value is -2.89. The number of likely N-dealkylation sites (tertiary alicyclic amines) is 1.